The van der Waals surface area contributed by atoms with E-state index >= 15 is 0 Å². The van der Waals surface area contributed by atoms with Crippen molar-refractivity contribution >= 4 is 60.2 Å². The molecule has 0 amide bonds. The maximum absolute atomic E-state index is 6.75. The minimum absolute atomic E-state index is 0.186. The fraction of sp³-hybridized carbons (Fsp3) is 0.0968. The Bertz CT molecular complexity index is 2200. The van der Waals surface area contributed by atoms with Gasteiger partial charge in [0.1, 0.15) is 5.58 Å². The van der Waals surface area contributed by atoms with Crippen molar-refractivity contribution < 1.29 is 4.42 Å². The molecule has 2 N–H and O–H groups in total. The van der Waals surface area contributed by atoms with E-state index in [-0.39, 0.29) is 5.41 Å². The average Bonchev–Trinajstić information content (AvgIpc) is 3.54. The number of para-hydroxylation sites is 1. The van der Waals surface area contributed by atoms with E-state index in [1.165, 1.54) is 49.4 Å². The number of rotatable bonds is 0. The number of benzene rings is 4. The van der Waals surface area contributed by atoms with Crippen molar-refractivity contribution in [2.75, 3.05) is 5.84 Å². The third-order valence-electron chi connectivity index (χ3n) is 8.43. The van der Waals surface area contributed by atoms with E-state index < -0.39 is 0 Å². The predicted octanol–water partition coefficient (Wildman–Crippen LogP) is 7.56. The van der Waals surface area contributed by atoms with Crippen LogP contribution in [0.3, 0.4) is 0 Å². The van der Waals surface area contributed by atoms with Gasteiger partial charge in [-0.2, -0.15) is 0 Å². The van der Waals surface area contributed by atoms with Gasteiger partial charge in [0, 0.05) is 38.2 Å². The zero-order chi connectivity index (χ0) is 23.2. The van der Waals surface area contributed by atoms with Crippen LogP contribution in [0, 0.1) is 0 Å². The summed E-state index contributed by atoms with van der Waals surface area (Å²) in [5, 5.41) is 7.10. The van der Waals surface area contributed by atoms with Crippen LogP contribution in [0.25, 0.3) is 71.3 Å². The van der Waals surface area contributed by atoms with E-state index in [2.05, 4.69) is 91.0 Å². The summed E-state index contributed by atoms with van der Waals surface area (Å²) >= 11 is 0. The van der Waals surface area contributed by atoms with Gasteiger partial charge in [-0.25, -0.2) is 0 Å². The molecule has 4 aromatic carbocycles. The lowest BCUT2D eigenvalue weighted by molar-refractivity contribution is 0.605. The van der Waals surface area contributed by atoms with Crippen molar-refractivity contribution in [2.45, 2.75) is 19.3 Å². The first-order valence-corrected chi connectivity index (χ1v) is 12.1. The van der Waals surface area contributed by atoms with Crippen molar-refractivity contribution in [3.63, 3.8) is 0 Å². The van der Waals surface area contributed by atoms with Gasteiger partial charge in [0.15, 0.2) is 0 Å². The Morgan fingerprint density at radius 3 is 2.40 bits per heavy atom. The molecule has 0 saturated heterocycles. The highest BCUT2D eigenvalue weighted by molar-refractivity contribution is 6.33. The molecule has 0 spiro atoms. The van der Waals surface area contributed by atoms with Crippen LogP contribution in [0.5, 0.6) is 0 Å². The molecule has 1 aliphatic carbocycles. The normalized spacial score (nSPS) is 14.9. The van der Waals surface area contributed by atoms with Gasteiger partial charge in [0.25, 0.3) is 0 Å². The summed E-state index contributed by atoms with van der Waals surface area (Å²) in [6, 6.07) is 28.1. The highest BCUT2D eigenvalue weighted by Gasteiger charge is 2.41. The Morgan fingerprint density at radius 2 is 1.49 bits per heavy atom. The van der Waals surface area contributed by atoms with Crippen LogP contribution in [-0.2, 0) is 5.41 Å². The maximum atomic E-state index is 6.75. The van der Waals surface area contributed by atoms with Gasteiger partial charge in [-0.15, -0.1) is 0 Å². The van der Waals surface area contributed by atoms with E-state index in [9.17, 15) is 0 Å². The summed E-state index contributed by atoms with van der Waals surface area (Å²) in [4.78, 5) is 0. The lowest BCUT2D eigenvalue weighted by Gasteiger charge is -2.21. The van der Waals surface area contributed by atoms with Gasteiger partial charge >= 0.3 is 0 Å². The minimum atomic E-state index is -0.186. The average molecular weight is 452 g/mol. The van der Waals surface area contributed by atoms with Crippen LogP contribution in [0.2, 0.25) is 0 Å². The van der Waals surface area contributed by atoms with Crippen LogP contribution in [-0.4, -0.2) is 9.08 Å². The largest absolute Gasteiger partial charge is 0.439 e. The first kappa shape index (κ1) is 18.0. The lowest BCUT2D eigenvalue weighted by atomic mass is 9.85. The predicted molar refractivity (Wildman–Crippen MR) is 144 cm³/mol. The molecule has 8 aromatic rings. The van der Waals surface area contributed by atoms with E-state index in [0.29, 0.717) is 0 Å². The molecule has 35 heavy (non-hydrogen) atoms. The summed E-state index contributed by atoms with van der Waals surface area (Å²) in [5.74, 6) is 6.72. The summed E-state index contributed by atoms with van der Waals surface area (Å²) in [6.45, 7) is 4.67. The van der Waals surface area contributed by atoms with Gasteiger partial charge in [-0.3, -0.25) is 9.08 Å². The minimum Gasteiger partial charge on any atom is -0.439 e. The number of fused-ring (bicyclic) bond motifs is 10. The second-order valence-electron chi connectivity index (χ2n) is 10.4. The third kappa shape index (κ3) is 1.77. The van der Waals surface area contributed by atoms with Crippen molar-refractivity contribution in [1.82, 2.24) is 9.08 Å². The molecule has 0 aliphatic heterocycles. The SMILES string of the molecule is CC1(C)c2ccccc2-c2c1n1c3oc4ccccc4c3c3cccc4c3c3c(ccc2c31)n4N. The molecule has 4 heteroatoms. The van der Waals surface area contributed by atoms with Crippen molar-refractivity contribution in [1.29, 1.82) is 0 Å². The number of nitrogen functional groups attached to an aromatic ring is 1. The molecule has 1 aliphatic rings. The van der Waals surface area contributed by atoms with Crippen LogP contribution in [0.15, 0.2) is 83.3 Å². The highest BCUT2D eigenvalue weighted by Crippen LogP contribution is 2.55. The lowest BCUT2D eigenvalue weighted by Crippen LogP contribution is -2.17. The number of nitrogens with two attached hydrogens (primary N) is 1. The van der Waals surface area contributed by atoms with Gasteiger partial charge in [0.05, 0.1) is 21.9 Å². The monoisotopic (exact) mass is 451 g/mol. The molecule has 0 saturated carbocycles. The molecule has 0 radical (unpaired) electrons. The number of hydrogen-bond acceptors (Lipinski definition) is 2. The fourth-order valence-electron chi connectivity index (χ4n) is 7.05. The quantitative estimate of drug-likeness (QED) is 0.242. The van der Waals surface area contributed by atoms with E-state index in [1.807, 2.05) is 10.7 Å². The van der Waals surface area contributed by atoms with Crippen LogP contribution in [0.4, 0.5) is 0 Å². The van der Waals surface area contributed by atoms with Crippen LogP contribution >= 0.6 is 0 Å². The number of nitrogens with zero attached hydrogens (tertiary/aromatic N) is 2. The molecule has 0 atom stereocenters. The summed E-state index contributed by atoms with van der Waals surface area (Å²) in [6.07, 6.45) is 0. The van der Waals surface area contributed by atoms with Crippen molar-refractivity contribution in [3.05, 3.63) is 90.1 Å². The molecule has 4 nitrogen and oxygen atoms in total. The summed E-state index contributed by atoms with van der Waals surface area (Å²) in [7, 11) is 0. The zero-order valence-electron chi connectivity index (χ0n) is 19.4. The molecular weight excluding hydrogens is 430 g/mol. The Balaban J connectivity index is 1.74. The zero-order valence-corrected chi connectivity index (χ0v) is 19.4. The third-order valence-corrected chi connectivity index (χ3v) is 8.43. The topological polar surface area (TPSA) is 48.5 Å². The Kier molecular flexibility index (Phi) is 2.79. The number of hydrogen-bond donors (Lipinski definition) is 1. The Hall–Kier alpha value is -4.44. The van der Waals surface area contributed by atoms with Gasteiger partial charge in [-0.1, -0.05) is 68.4 Å². The maximum Gasteiger partial charge on any atom is 0.213 e. The first-order chi connectivity index (χ1) is 17.1. The Morgan fingerprint density at radius 1 is 0.714 bits per heavy atom. The van der Waals surface area contributed by atoms with E-state index in [1.54, 1.807) is 0 Å². The number of furan rings is 1. The second-order valence-corrected chi connectivity index (χ2v) is 10.4. The molecule has 9 rings (SSSR count). The Labute approximate surface area is 200 Å². The molecule has 4 heterocycles. The molecule has 4 aromatic heterocycles. The van der Waals surface area contributed by atoms with E-state index in [4.69, 9.17) is 10.3 Å². The van der Waals surface area contributed by atoms with Crippen LogP contribution in [0.1, 0.15) is 25.1 Å². The van der Waals surface area contributed by atoms with Crippen LogP contribution < -0.4 is 5.84 Å². The fourth-order valence-corrected chi connectivity index (χ4v) is 7.05. The first-order valence-electron chi connectivity index (χ1n) is 12.1. The molecule has 0 fully saturated rings. The molecule has 0 bridgehead atoms. The smallest absolute Gasteiger partial charge is 0.213 e. The van der Waals surface area contributed by atoms with Gasteiger partial charge in [-0.05, 0) is 40.8 Å². The summed E-state index contributed by atoms with van der Waals surface area (Å²) in [5.41, 5.74) is 10.2. The molecule has 0 unspecified atom stereocenters. The molecule has 166 valence electrons. The summed E-state index contributed by atoms with van der Waals surface area (Å²) < 4.78 is 11.0. The standard InChI is InChI=1S/C31H21N3O/c1-31(2)20-11-5-3-8-16(20)24-19-14-15-22-27-26-18(10-7-12-21(26)34(22)32)25-17-9-4-6-13-23(17)35-30(25)33(28(19)27)29(24)31/h3-15H,32H2,1-2H3. The van der Waals surface area contributed by atoms with Crippen molar-refractivity contribution in [2.24, 2.45) is 0 Å². The highest BCUT2D eigenvalue weighted by atomic mass is 16.3. The van der Waals surface area contributed by atoms with E-state index in [0.717, 1.165) is 33.1 Å². The molecular formula is C31H21N3O. The second kappa shape index (κ2) is 5.44. The van der Waals surface area contributed by atoms with Crippen molar-refractivity contribution in [3.8, 4) is 11.1 Å². The van der Waals surface area contributed by atoms with Gasteiger partial charge < -0.3 is 10.3 Å². The van der Waals surface area contributed by atoms with Gasteiger partial charge in [0.2, 0.25) is 5.71 Å². The number of aromatic nitrogens is 2.